The molecule has 2 N–H and O–H groups in total. The molecule has 34 heavy (non-hydrogen) atoms. The predicted octanol–water partition coefficient (Wildman–Crippen LogP) is 1.26. The van der Waals surface area contributed by atoms with E-state index in [4.69, 9.17) is 4.74 Å². The predicted molar refractivity (Wildman–Crippen MR) is 124 cm³/mol. The van der Waals surface area contributed by atoms with Crippen molar-refractivity contribution in [1.82, 2.24) is 24.9 Å². The Morgan fingerprint density at radius 2 is 2.06 bits per heavy atom. The van der Waals surface area contributed by atoms with Crippen molar-refractivity contribution in [2.75, 3.05) is 19.7 Å². The van der Waals surface area contributed by atoms with Crippen molar-refractivity contribution in [2.24, 2.45) is 0 Å². The van der Waals surface area contributed by atoms with Gasteiger partial charge in [-0.05, 0) is 45.2 Å². The zero-order valence-corrected chi connectivity index (χ0v) is 20.1. The summed E-state index contributed by atoms with van der Waals surface area (Å²) in [4.78, 5) is 34.4. The summed E-state index contributed by atoms with van der Waals surface area (Å²) in [6, 6.07) is 5.33. The van der Waals surface area contributed by atoms with Gasteiger partial charge in [-0.15, -0.1) is 0 Å². The molecule has 0 bridgehead atoms. The van der Waals surface area contributed by atoms with Crippen molar-refractivity contribution in [2.45, 2.75) is 56.5 Å². The highest BCUT2D eigenvalue weighted by Gasteiger charge is 2.40. The topological polar surface area (TPSA) is 131 Å². The number of rotatable bonds is 7. The normalized spacial score (nSPS) is 20.8. The highest BCUT2D eigenvalue weighted by atomic mass is 32.2. The number of aryl methyl sites for hydroxylation is 2. The van der Waals surface area contributed by atoms with E-state index in [2.05, 4.69) is 20.6 Å². The Labute approximate surface area is 199 Å². The Hall–Kier alpha value is -3.05. The van der Waals surface area contributed by atoms with Gasteiger partial charge in [0.2, 0.25) is 21.8 Å². The summed E-state index contributed by atoms with van der Waals surface area (Å²) in [5.74, 6) is -0.885. The van der Waals surface area contributed by atoms with Gasteiger partial charge in [-0.2, -0.15) is 9.29 Å². The molecule has 182 valence electrons. The Morgan fingerprint density at radius 3 is 2.79 bits per heavy atom. The molecule has 2 amide bonds. The first kappa shape index (κ1) is 24.1. The highest BCUT2D eigenvalue weighted by molar-refractivity contribution is 7.89. The molecule has 4 rings (SSSR count). The standard InChI is InChI=1S/C23H29N5O5S/c1-3-33-23-25-14-17-18(5-4-6-19(17)27-23)26-21(29)13-20-22(30)24-11-12-28(20)34(31,32)16-9-7-15(2)8-10-16/h7-10,14,18,20H,3-6,11-13H2,1-2H3,(H,24,30)(H,26,29)/t18-,20-/m1/s1. The minimum absolute atomic E-state index is 0.0974. The molecule has 1 fully saturated rings. The number of fused-ring (bicyclic) bond motifs is 1. The number of amides is 2. The first-order valence-corrected chi connectivity index (χ1v) is 12.9. The number of hydrogen-bond acceptors (Lipinski definition) is 7. The van der Waals surface area contributed by atoms with Crippen LogP contribution < -0.4 is 15.4 Å². The number of carbonyl (C=O) groups excluding carboxylic acids is 2. The van der Waals surface area contributed by atoms with Crippen LogP contribution in [0.3, 0.4) is 0 Å². The maximum absolute atomic E-state index is 13.3. The lowest BCUT2D eigenvalue weighted by molar-refractivity contribution is -0.132. The fraction of sp³-hybridized carbons (Fsp3) is 0.478. The van der Waals surface area contributed by atoms with Crippen molar-refractivity contribution in [3.8, 4) is 6.01 Å². The Morgan fingerprint density at radius 1 is 1.29 bits per heavy atom. The number of hydrogen-bond donors (Lipinski definition) is 2. The molecular weight excluding hydrogens is 458 g/mol. The van der Waals surface area contributed by atoms with E-state index in [9.17, 15) is 18.0 Å². The van der Waals surface area contributed by atoms with Gasteiger partial charge in [0.05, 0.1) is 29.7 Å². The van der Waals surface area contributed by atoms with Crippen LogP contribution in [0.15, 0.2) is 35.4 Å². The lowest BCUT2D eigenvalue weighted by Gasteiger charge is -2.34. The SMILES string of the molecule is CCOc1ncc2c(n1)CCC[C@H]2NC(=O)C[C@@H]1C(=O)NCCN1S(=O)(=O)c1ccc(C)cc1. The molecule has 1 aromatic carbocycles. The number of nitrogens with one attached hydrogen (secondary N) is 2. The molecule has 1 aliphatic heterocycles. The van der Waals surface area contributed by atoms with Gasteiger partial charge in [0.25, 0.3) is 0 Å². The van der Waals surface area contributed by atoms with Crippen LogP contribution in [0.5, 0.6) is 6.01 Å². The van der Waals surface area contributed by atoms with Crippen LogP contribution in [0.25, 0.3) is 0 Å². The lowest BCUT2D eigenvalue weighted by Crippen LogP contribution is -2.58. The Balaban J connectivity index is 1.50. The van der Waals surface area contributed by atoms with E-state index in [-0.39, 0.29) is 30.4 Å². The smallest absolute Gasteiger partial charge is 0.316 e. The summed E-state index contributed by atoms with van der Waals surface area (Å²) in [6.07, 6.45) is 3.69. The molecule has 1 aromatic heterocycles. The van der Waals surface area contributed by atoms with Crippen LogP contribution in [0.2, 0.25) is 0 Å². The molecule has 0 unspecified atom stereocenters. The molecule has 0 spiro atoms. The molecule has 10 nitrogen and oxygen atoms in total. The molecule has 2 heterocycles. The first-order valence-electron chi connectivity index (χ1n) is 11.4. The van der Waals surface area contributed by atoms with Crippen molar-refractivity contribution in [1.29, 1.82) is 0 Å². The Kier molecular flexibility index (Phi) is 7.13. The third-order valence-corrected chi connectivity index (χ3v) is 7.98. The van der Waals surface area contributed by atoms with Gasteiger partial charge in [-0.3, -0.25) is 9.59 Å². The third-order valence-electron chi connectivity index (χ3n) is 6.06. The third kappa shape index (κ3) is 5.05. The van der Waals surface area contributed by atoms with E-state index in [1.807, 2.05) is 13.8 Å². The second kappa shape index (κ2) is 10.1. The molecular formula is C23H29N5O5S. The molecule has 1 saturated heterocycles. The van der Waals surface area contributed by atoms with Crippen molar-refractivity contribution >= 4 is 21.8 Å². The summed E-state index contributed by atoms with van der Waals surface area (Å²) in [5.41, 5.74) is 2.57. The molecule has 1 aliphatic carbocycles. The van der Waals surface area contributed by atoms with Crippen molar-refractivity contribution < 1.29 is 22.7 Å². The zero-order valence-electron chi connectivity index (χ0n) is 19.3. The van der Waals surface area contributed by atoms with Crippen LogP contribution >= 0.6 is 0 Å². The van der Waals surface area contributed by atoms with Gasteiger partial charge in [0, 0.05) is 24.8 Å². The van der Waals surface area contributed by atoms with Gasteiger partial charge in [-0.1, -0.05) is 17.7 Å². The first-order chi connectivity index (χ1) is 16.3. The molecule has 11 heteroatoms. The van der Waals surface area contributed by atoms with Crippen LogP contribution in [-0.4, -0.2) is 60.2 Å². The maximum Gasteiger partial charge on any atom is 0.316 e. The van der Waals surface area contributed by atoms with Crippen LogP contribution in [0.1, 0.15) is 49.0 Å². The van der Waals surface area contributed by atoms with Gasteiger partial charge >= 0.3 is 6.01 Å². The van der Waals surface area contributed by atoms with E-state index in [0.717, 1.165) is 34.0 Å². The number of nitrogens with zero attached hydrogens (tertiary/aromatic N) is 3. The number of sulfonamides is 1. The van der Waals surface area contributed by atoms with Crippen LogP contribution in [0.4, 0.5) is 0 Å². The average Bonchev–Trinajstić information content (AvgIpc) is 2.81. The average molecular weight is 488 g/mol. The fourth-order valence-corrected chi connectivity index (χ4v) is 5.92. The quantitative estimate of drug-likeness (QED) is 0.601. The van der Waals surface area contributed by atoms with Crippen LogP contribution in [0, 0.1) is 6.92 Å². The van der Waals surface area contributed by atoms with Gasteiger partial charge in [0.1, 0.15) is 6.04 Å². The van der Waals surface area contributed by atoms with Crippen molar-refractivity contribution in [3.05, 3.63) is 47.3 Å². The second-order valence-electron chi connectivity index (χ2n) is 8.44. The van der Waals surface area contributed by atoms with E-state index in [0.29, 0.717) is 19.0 Å². The summed E-state index contributed by atoms with van der Waals surface area (Å²) in [5, 5.41) is 5.63. The summed E-state index contributed by atoms with van der Waals surface area (Å²) in [6.45, 7) is 4.47. The monoisotopic (exact) mass is 487 g/mol. The number of benzene rings is 1. The fourth-order valence-electron chi connectivity index (χ4n) is 4.33. The number of ether oxygens (including phenoxy) is 1. The minimum atomic E-state index is -3.94. The number of piperazine rings is 1. The van der Waals surface area contributed by atoms with Crippen LogP contribution in [-0.2, 0) is 26.0 Å². The molecule has 2 aromatic rings. The molecule has 2 atom stereocenters. The summed E-state index contributed by atoms with van der Waals surface area (Å²) >= 11 is 0. The van der Waals surface area contributed by atoms with Gasteiger partial charge in [-0.25, -0.2) is 13.4 Å². The van der Waals surface area contributed by atoms with Gasteiger partial charge < -0.3 is 15.4 Å². The summed E-state index contributed by atoms with van der Waals surface area (Å²) in [7, 11) is -3.94. The number of carbonyl (C=O) groups is 2. The van der Waals surface area contributed by atoms with Gasteiger partial charge in [0.15, 0.2) is 0 Å². The maximum atomic E-state index is 13.3. The molecule has 2 aliphatic rings. The lowest BCUT2D eigenvalue weighted by atomic mass is 9.92. The Bertz CT molecular complexity index is 1170. The molecule has 0 radical (unpaired) electrons. The second-order valence-corrected chi connectivity index (χ2v) is 10.3. The highest BCUT2D eigenvalue weighted by Crippen LogP contribution is 2.29. The van der Waals surface area contributed by atoms with Crippen molar-refractivity contribution in [3.63, 3.8) is 0 Å². The van der Waals surface area contributed by atoms with E-state index in [1.54, 1.807) is 18.3 Å². The zero-order chi connectivity index (χ0) is 24.3. The number of aromatic nitrogens is 2. The minimum Gasteiger partial charge on any atom is -0.464 e. The molecule has 0 saturated carbocycles. The van der Waals surface area contributed by atoms with E-state index >= 15 is 0 Å². The summed E-state index contributed by atoms with van der Waals surface area (Å²) < 4.78 is 33.0. The largest absolute Gasteiger partial charge is 0.464 e. The van der Waals surface area contributed by atoms with E-state index < -0.39 is 27.9 Å². The van der Waals surface area contributed by atoms with E-state index in [1.165, 1.54) is 12.1 Å².